The average Bonchev–Trinajstić information content (AvgIpc) is 2.24. The lowest BCUT2D eigenvalue weighted by molar-refractivity contribution is 0.667. The molecule has 5 nitrogen and oxygen atoms in total. The Balaban J connectivity index is 0.809. The number of nitrogens with zero attached hydrogens (tertiary/aromatic N) is 4. The van der Waals surface area contributed by atoms with Crippen LogP contribution in [0.4, 0.5) is 0 Å². The van der Waals surface area contributed by atoms with Crippen molar-refractivity contribution in [1.29, 1.82) is 0 Å². The van der Waals surface area contributed by atoms with Crippen LogP contribution in [-0.2, 0) is 0 Å². The molecule has 4 aliphatic rings. The van der Waals surface area contributed by atoms with Gasteiger partial charge in [-0.25, -0.2) is 0 Å². The van der Waals surface area contributed by atoms with Gasteiger partial charge in [0.15, 0.2) is 0 Å². The highest BCUT2D eigenvalue weighted by atomic mass is 32.2. The Morgan fingerprint density at radius 1 is 0.272 bits per heavy atom. The molecular weight excluding hydrogens is 1020 g/mol. The second-order valence-corrected chi connectivity index (χ2v) is 24.8. The first kappa shape index (κ1) is 42.4. The van der Waals surface area contributed by atoms with Crippen molar-refractivity contribution in [3.8, 4) is 22.7 Å². The molecule has 0 aliphatic carbocycles. The second kappa shape index (κ2) is 14.8. The number of hydrogen-bond donors (Lipinski definition) is 0. The van der Waals surface area contributed by atoms with E-state index in [-0.39, 0.29) is 13.4 Å². The maximum Gasteiger partial charge on any atom is 0.249 e. The van der Waals surface area contributed by atoms with E-state index in [2.05, 4.69) is 249 Å². The Morgan fingerprint density at radius 3 is 0.988 bits per heavy atom. The molecule has 0 fully saturated rings. The van der Waals surface area contributed by atoms with Crippen molar-refractivity contribution in [2.75, 3.05) is 0 Å². The summed E-state index contributed by atoms with van der Waals surface area (Å²) in [4.78, 5) is 5.04. The van der Waals surface area contributed by atoms with Crippen LogP contribution in [0.5, 0.6) is 0 Å². The number of para-hydroxylation sites is 8. The highest BCUT2D eigenvalue weighted by Gasteiger charge is 2.43. The fourth-order valence-electron chi connectivity index (χ4n) is 15.7. The van der Waals surface area contributed by atoms with Gasteiger partial charge in [0.1, 0.15) is 11.2 Å². The van der Waals surface area contributed by atoms with Gasteiger partial charge in [-0.05, 0) is 94.6 Å². The zero-order valence-electron chi connectivity index (χ0n) is 43.1. The third-order valence-electron chi connectivity index (χ3n) is 18.8. The van der Waals surface area contributed by atoms with Crippen molar-refractivity contribution < 1.29 is 4.42 Å². The predicted octanol–water partition coefficient (Wildman–Crippen LogP) is 14.6. The Bertz CT molecular complexity index is 5370. The maximum absolute atomic E-state index is 7.20. The smallest absolute Gasteiger partial charge is 0.249 e. The molecule has 0 bridgehead atoms. The van der Waals surface area contributed by atoms with Gasteiger partial charge in [0.2, 0.25) is 13.4 Å². The molecule has 0 saturated heterocycles. The summed E-state index contributed by atoms with van der Waals surface area (Å²) in [7, 11) is 0. The number of rotatable bonds is 2. The molecule has 0 amide bonds. The summed E-state index contributed by atoms with van der Waals surface area (Å²) in [5, 5.41) is 12.5. The Morgan fingerprint density at radius 2 is 0.605 bits per heavy atom. The van der Waals surface area contributed by atoms with Gasteiger partial charge >= 0.3 is 0 Å². The van der Waals surface area contributed by atoms with Crippen LogP contribution in [0.15, 0.2) is 255 Å². The van der Waals surface area contributed by atoms with Gasteiger partial charge in [0, 0.05) is 107 Å². The number of fused-ring (bicyclic) bond motifs is 23. The number of furan rings is 1. The third kappa shape index (κ3) is 5.18. The van der Waals surface area contributed by atoms with Gasteiger partial charge in [0.05, 0.1) is 33.1 Å². The quantitative estimate of drug-likeness (QED) is 0.162. The normalized spacial score (nSPS) is 13.8. The van der Waals surface area contributed by atoms with Gasteiger partial charge in [-0.2, -0.15) is 0 Å². The molecular formula is C72H38B2N4OS2. The summed E-state index contributed by atoms with van der Waals surface area (Å²) in [6.45, 7) is 0.0232. The zero-order chi connectivity index (χ0) is 52.1. The zero-order valence-corrected chi connectivity index (χ0v) is 44.7. The molecule has 9 heteroatoms. The Labute approximate surface area is 471 Å². The van der Waals surface area contributed by atoms with Gasteiger partial charge < -0.3 is 22.7 Å². The summed E-state index contributed by atoms with van der Waals surface area (Å²) >= 11 is 3.79. The average molecular weight is 1060 g/mol. The molecule has 370 valence electrons. The minimum absolute atomic E-state index is 0.0116. The van der Waals surface area contributed by atoms with E-state index in [1.807, 2.05) is 23.5 Å². The van der Waals surface area contributed by atoms with Crippen molar-refractivity contribution in [3.05, 3.63) is 231 Å². The first-order chi connectivity index (χ1) is 40.2. The summed E-state index contributed by atoms with van der Waals surface area (Å²) < 4.78 is 17.3. The largest absolute Gasteiger partial charge is 0.456 e. The van der Waals surface area contributed by atoms with Crippen LogP contribution < -0.4 is 32.8 Å². The van der Waals surface area contributed by atoms with Crippen molar-refractivity contribution in [2.45, 2.75) is 19.6 Å². The fraction of sp³-hybridized carbons (Fsp3) is 0. The van der Waals surface area contributed by atoms with Crippen LogP contribution in [0.1, 0.15) is 0 Å². The number of aromatic nitrogens is 4. The molecule has 81 heavy (non-hydrogen) atoms. The summed E-state index contributed by atoms with van der Waals surface area (Å²) in [6.07, 6.45) is 0. The van der Waals surface area contributed by atoms with E-state index >= 15 is 0 Å². The minimum Gasteiger partial charge on any atom is -0.456 e. The first-order valence-electron chi connectivity index (χ1n) is 28.0. The Kier molecular flexibility index (Phi) is 7.76. The number of benzene rings is 12. The van der Waals surface area contributed by atoms with Crippen LogP contribution in [0.25, 0.3) is 132 Å². The lowest BCUT2D eigenvalue weighted by atomic mass is 9.35. The van der Waals surface area contributed by atoms with E-state index in [1.165, 1.54) is 173 Å². The second-order valence-electron chi connectivity index (χ2n) is 22.6. The maximum atomic E-state index is 7.20. The minimum atomic E-state index is 0.0116. The molecule has 4 aliphatic heterocycles. The summed E-state index contributed by atoms with van der Waals surface area (Å²) in [5.41, 5.74) is 24.7. The van der Waals surface area contributed by atoms with E-state index in [0.29, 0.717) is 0 Å². The summed E-state index contributed by atoms with van der Waals surface area (Å²) in [5.74, 6) is 0. The van der Waals surface area contributed by atoms with Gasteiger partial charge in [0.25, 0.3) is 0 Å². The fourth-order valence-corrected chi connectivity index (χ4v) is 18.1. The van der Waals surface area contributed by atoms with Crippen LogP contribution in [0.2, 0.25) is 0 Å². The molecule has 17 aromatic rings. The number of hydrogen-bond acceptors (Lipinski definition) is 3. The molecule has 0 atom stereocenters. The van der Waals surface area contributed by atoms with E-state index in [1.54, 1.807) is 0 Å². The van der Waals surface area contributed by atoms with Crippen LogP contribution >= 0.6 is 23.5 Å². The molecule has 9 heterocycles. The van der Waals surface area contributed by atoms with Crippen LogP contribution in [-0.4, -0.2) is 31.7 Å². The van der Waals surface area contributed by atoms with Crippen molar-refractivity contribution in [1.82, 2.24) is 18.3 Å². The first-order valence-corrected chi connectivity index (χ1v) is 29.6. The lowest BCUT2D eigenvalue weighted by Crippen LogP contribution is -2.58. The molecule has 0 unspecified atom stereocenters. The molecule has 21 rings (SSSR count). The van der Waals surface area contributed by atoms with Crippen LogP contribution in [0, 0.1) is 0 Å². The van der Waals surface area contributed by atoms with E-state index in [9.17, 15) is 0 Å². The van der Waals surface area contributed by atoms with E-state index < -0.39 is 0 Å². The highest BCUT2D eigenvalue weighted by molar-refractivity contribution is 8.00. The highest BCUT2D eigenvalue weighted by Crippen LogP contribution is 2.46. The van der Waals surface area contributed by atoms with Gasteiger partial charge in [-0.3, -0.25) is 0 Å². The monoisotopic (exact) mass is 1060 g/mol. The SMILES string of the molecule is c1ccc2c(c1)c1ccccc1n2-c1cc2c3c(c1)-n1c4ccccc4c4cccc(c41)B3c1cc3c(cc1S2)oc1cc2c(cc13)B1c3c(cc(-n4c5ccccc5c5ccccc54)cc3-n3c4ccccc4c4cccc1c43)S2. The van der Waals surface area contributed by atoms with Crippen molar-refractivity contribution in [3.63, 3.8) is 0 Å². The molecule has 5 aromatic heterocycles. The molecule has 0 saturated carbocycles. The lowest BCUT2D eigenvalue weighted by Gasteiger charge is -2.34. The van der Waals surface area contributed by atoms with Crippen molar-refractivity contribution >= 4 is 179 Å². The Hall–Kier alpha value is -9.53. The molecule has 0 radical (unpaired) electrons. The van der Waals surface area contributed by atoms with Gasteiger partial charge in [-0.1, -0.05) is 192 Å². The third-order valence-corrected chi connectivity index (χ3v) is 21.1. The summed E-state index contributed by atoms with van der Waals surface area (Å²) in [6, 6.07) is 87.1. The van der Waals surface area contributed by atoms with E-state index in [4.69, 9.17) is 4.42 Å². The van der Waals surface area contributed by atoms with E-state index in [0.717, 1.165) is 11.2 Å². The molecule has 12 aromatic carbocycles. The van der Waals surface area contributed by atoms with Crippen molar-refractivity contribution in [2.24, 2.45) is 0 Å². The molecule has 0 spiro atoms. The standard InChI is InChI=1S/C72H38B2N4OS2/c1-7-25-55-41(15-1)42-16-2-8-26-56(42)75(55)39-31-61-69-67(33-39)80-65-37-63-49(35-53(65)73(69)51-23-13-21-47-45-19-5-11-29-59(45)77(61)71(47)51)50-36-54-66(38-64(50)79-63)81-68-34-40(76-57-27-9-3-17-43(57)44-18-4-10-28-58(44)76)32-62-70(68)74(54)52-24-14-22-48-46-20-6-12-30-60(46)78(62)72(48)52/h1-38H. The topological polar surface area (TPSA) is 32.9 Å². The van der Waals surface area contributed by atoms with Crippen LogP contribution in [0.3, 0.4) is 0 Å². The van der Waals surface area contributed by atoms with Gasteiger partial charge in [-0.15, -0.1) is 0 Å². The molecule has 0 N–H and O–H groups in total. The predicted molar refractivity (Wildman–Crippen MR) is 342 cm³/mol.